The number of piperidine rings is 2. The molecule has 5 amide bonds. The molecule has 8 rings (SSSR count). The second-order valence-electron chi connectivity index (χ2n) is 16.6. The van der Waals surface area contributed by atoms with E-state index in [0.717, 1.165) is 34.6 Å². The molecule has 4 heterocycles. The molecule has 3 aromatic rings. The number of anilines is 1. The Balaban J connectivity index is 0.846. The Hall–Kier alpha value is -5.25. The van der Waals surface area contributed by atoms with Gasteiger partial charge >= 0.3 is 0 Å². The van der Waals surface area contributed by atoms with Gasteiger partial charge in [-0.15, -0.1) is 0 Å². The van der Waals surface area contributed by atoms with Crippen molar-refractivity contribution in [3.05, 3.63) is 93.0 Å². The number of nitrogens with one attached hydrogen (secondary N) is 2. The van der Waals surface area contributed by atoms with Gasteiger partial charge in [0.25, 0.3) is 17.7 Å². The van der Waals surface area contributed by atoms with Gasteiger partial charge in [-0.2, -0.15) is 5.26 Å². The molecule has 55 heavy (non-hydrogen) atoms. The van der Waals surface area contributed by atoms with Gasteiger partial charge in [0.15, 0.2) is 0 Å². The number of hydrogen-bond acceptors (Lipinski definition) is 9. The van der Waals surface area contributed by atoms with E-state index in [9.17, 15) is 29.2 Å². The van der Waals surface area contributed by atoms with Crippen LogP contribution in [-0.4, -0.2) is 81.6 Å². The second kappa shape index (κ2) is 13.5. The standard InChI is InChI=1S/C42H43ClN6O6/c1-41(2)39(42(3,4)40(41)55-29-10-7-24(20-44)32(43)19-29)45-27-8-5-23(6-9-27)36(52)47-15-13-28(14-16-47)48-21-25-17-30-31(18-26(25)22-48)38(54)49(37(30)53)33-11-12-34(50)46-35(33)51/h5-10,17-19,28,33,39-40,45H,11-16,21-22H2,1-4H3,(H,46,50,51)/t33-,39?,40?/m0/s1. The topological polar surface area (TPSA) is 152 Å². The molecule has 5 aliphatic rings. The fourth-order valence-electron chi connectivity index (χ4n) is 9.74. The lowest BCUT2D eigenvalue weighted by Crippen LogP contribution is -2.72. The molecule has 2 saturated heterocycles. The molecule has 284 valence electrons. The minimum Gasteiger partial charge on any atom is -0.489 e. The van der Waals surface area contributed by atoms with E-state index in [-0.39, 0.29) is 47.8 Å². The van der Waals surface area contributed by atoms with Crippen molar-refractivity contribution in [1.82, 2.24) is 20.0 Å². The summed E-state index contributed by atoms with van der Waals surface area (Å²) in [7, 11) is 0. The van der Waals surface area contributed by atoms with E-state index in [4.69, 9.17) is 16.3 Å². The Labute approximate surface area is 324 Å². The predicted molar refractivity (Wildman–Crippen MR) is 203 cm³/mol. The average Bonchev–Trinajstić information content (AvgIpc) is 3.69. The fraction of sp³-hybridized carbons (Fsp3) is 0.429. The monoisotopic (exact) mass is 762 g/mol. The van der Waals surface area contributed by atoms with Gasteiger partial charge in [0.05, 0.1) is 21.7 Å². The largest absolute Gasteiger partial charge is 0.489 e. The van der Waals surface area contributed by atoms with Crippen LogP contribution >= 0.6 is 11.6 Å². The van der Waals surface area contributed by atoms with Gasteiger partial charge in [0.2, 0.25) is 11.8 Å². The van der Waals surface area contributed by atoms with E-state index in [0.29, 0.717) is 59.2 Å². The molecule has 2 N–H and O–H groups in total. The smallest absolute Gasteiger partial charge is 0.262 e. The van der Waals surface area contributed by atoms with Crippen LogP contribution in [0.1, 0.15) is 101 Å². The summed E-state index contributed by atoms with van der Waals surface area (Å²) in [6.07, 6.45) is 1.72. The van der Waals surface area contributed by atoms with Crippen molar-refractivity contribution in [1.29, 1.82) is 5.26 Å². The van der Waals surface area contributed by atoms with Crippen molar-refractivity contribution >= 4 is 46.8 Å². The number of rotatable bonds is 7. The molecule has 0 bridgehead atoms. The van der Waals surface area contributed by atoms with E-state index in [1.54, 1.807) is 30.3 Å². The Morgan fingerprint density at radius 2 is 1.51 bits per heavy atom. The Bertz CT molecular complexity index is 2130. The Morgan fingerprint density at radius 3 is 2.07 bits per heavy atom. The number of likely N-dealkylation sites (tertiary alicyclic amines) is 1. The number of carbonyl (C=O) groups excluding carboxylic acids is 5. The lowest BCUT2D eigenvalue weighted by molar-refractivity contribution is -0.147. The molecule has 3 fully saturated rings. The maximum Gasteiger partial charge on any atom is 0.262 e. The van der Waals surface area contributed by atoms with Crippen molar-refractivity contribution in [2.75, 3.05) is 18.4 Å². The number of fused-ring (bicyclic) bond motifs is 2. The van der Waals surface area contributed by atoms with Crippen molar-refractivity contribution in [3.8, 4) is 11.8 Å². The van der Waals surface area contributed by atoms with E-state index < -0.39 is 29.7 Å². The predicted octanol–water partition coefficient (Wildman–Crippen LogP) is 5.53. The van der Waals surface area contributed by atoms with Crippen molar-refractivity contribution in [2.24, 2.45) is 10.8 Å². The molecule has 4 aliphatic heterocycles. The summed E-state index contributed by atoms with van der Waals surface area (Å²) in [5.74, 6) is -1.37. The first-order valence-electron chi connectivity index (χ1n) is 18.8. The van der Waals surface area contributed by atoms with E-state index in [1.165, 1.54) is 0 Å². The summed E-state index contributed by atoms with van der Waals surface area (Å²) in [6, 6.07) is 17.8. The van der Waals surface area contributed by atoms with Crippen LogP contribution in [0.5, 0.6) is 5.75 Å². The normalized spacial score (nSPS) is 24.5. The number of amides is 5. The van der Waals surface area contributed by atoms with Crippen LogP contribution in [0.2, 0.25) is 5.02 Å². The number of ether oxygens (including phenoxy) is 1. The Morgan fingerprint density at radius 1 is 0.891 bits per heavy atom. The minimum absolute atomic E-state index is 0.00238. The zero-order valence-corrected chi connectivity index (χ0v) is 32.0. The number of benzene rings is 3. The first-order chi connectivity index (χ1) is 26.2. The third kappa shape index (κ3) is 6.23. The third-order valence-electron chi connectivity index (χ3n) is 12.4. The highest BCUT2D eigenvalue weighted by Gasteiger charge is 2.63. The lowest BCUT2D eigenvalue weighted by Gasteiger charge is -2.63. The van der Waals surface area contributed by atoms with E-state index in [2.05, 4.69) is 49.3 Å². The number of imide groups is 2. The SMILES string of the molecule is CC1(C)C(Nc2ccc(C(=O)N3CCC(N4Cc5cc6c(cc5C4)C(=O)N([C@H]4CCC(=O)NC4=O)C6=O)CC3)cc2)C(C)(C)C1Oc1ccc(C#N)c(Cl)c1. The molecule has 0 unspecified atom stereocenters. The summed E-state index contributed by atoms with van der Waals surface area (Å²) in [5.41, 5.74) is 4.11. The molecule has 12 nitrogen and oxygen atoms in total. The molecule has 0 aromatic heterocycles. The molecule has 1 saturated carbocycles. The van der Waals surface area contributed by atoms with Crippen LogP contribution in [0.25, 0.3) is 0 Å². The molecule has 1 aliphatic carbocycles. The van der Waals surface area contributed by atoms with Crippen molar-refractivity contribution < 1.29 is 28.7 Å². The van der Waals surface area contributed by atoms with Gasteiger partial charge in [-0.05, 0) is 78.9 Å². The van der Waals surface area contributed by atoms with Crippen molar-refractivity contribution in [2.45, 2.75) is 90.7 Å². The maximum atomic E-state index is 13.6. The summed E-state index contributed by atoms with van der Waals surface area (Å²) in [6.45, 7) is 11.2. The summed E-state index contributed by atoms with van der Waals surface area (Å²) in [5, 5.41) is 15.5. The fourth-order valence-corrected chi connectivity index (χ4v) is 9.95. The Kier molecular flexibility index (Phi) is 9.01. The van der Waals surface area contributed by atoms with Gasteiger partial charge in [0, 0.05) is 72.8 Å². The highest BCUT2D eigenvalue weighted by atomic mass is 35.5. The lowest BCUT2D eigenvalue weighted by atomic mass is 9.49. The highest BCUT2D eigenvalue weighted by molar-refractivity contribution is 6.31. The van der Waals surface area contributed by atoms with Crippen LogP contribution in [0.15, 0.2) is 54.6 Å². The number of nitriles is 1. The van der Waals surface area contributed by atoms with Gasteiger partial charge in [-0.3, -0.25) is 39.1 Å². The molecule has 0 spiro atoms. The van der Waals surface area contributed by atoms with E-state index in [1.807, 2.05) is 29.2 Å². The average molecular weight is 763 g/mol. The molecule has 0 radical (unpaired) electrons. The molecular weight excluding hydrogens is 720 g/mol. The van der Waals surface area contributed by atoms with Crippen LogP contribution < -0.4 is 15.4 Å². The number of hydrogen-bond donors (Lipinski definition) is 2. The number of halogens is 1. The quantitative estimate of drug-likeness (QED) is 0.296. The van der Waals surface area contributed by atoms with Crippen LogP contribution in [0.3, 0.4) is 0 Å². The molecule has 3 aromatic carbocycles. The molecule has 13 heteroatoms. The number of nitrogens with zero attached hydrogens (tertiary/aromatic N) is 4. The first-order valence-corrected chi connectivity index (χ1v) is 19.2. The third-order valence-corrected chi connectivity index (χ3v) is 12.7. The summed E-state index contributed by atoms with van der Waals surface area (Å²) < 4.78 is 6.42. The van der Waals surface area contributed by atoms with Crippen LogP contribution in [0.4, 0.5) is 5.69 Å². The minimum atomic E-state index is -0.983. The van der Waals surface area contributed by atoms with Gasteiger partial charge in [-0.25, -0.2) is 0 Å². The second-order valence-corrected chi connectivity index (χ2v) is 17.0. The summed E-state index contributed by atoms with van der Waals surface area (Å²) in [4.78, 5) is 69.6. The summed E-state index contributed by atoms with van der Waals surface area (Å²) >= 11 is 6.26. The number of carbonyl (C=O) groups is 5. The van der Waals surface area contributed by atoms with Crippen molar-refractivity contribution in [3.63, 3.8) is 0 Å². The zero-order chi connectivity index (χ0) is 39.0. The van der Waals surface area contributed by atoms with Gasteiger partial charge < -0.3 is 15.0 Å². The van der Waals surface area contributed by atoms with Gasteiger partial charge in [-0.1, -0.05) is 39.3 Å². The zero-order valence-electron chi connectivity index (χ0n) is 31.3. The maximum absolute atomic E-state index is 13.6. The van der Waals surface area contributed by atoms with Gasteiger partial charge in [0.1, 0.15) is 24.0 Å². The molecular formula is C42H43ClN6O6. The van der Waals surface area contributed by atoms with E-state index >= 15 is 0 Å². The molecule has 1 atom stereocenters. The highest BCUT2D eigenvalue weighted by Crippen LogP contribution is 2.56. The van der Waals surface area contributed by atoms with Crippen LogP contribution in [-0.2, 0) is 22.7 Å². The first kappa shape index (κ1) is 36.7. The van der Waals surface area contributed by atoms with Crippen LogP contribution in [0, 0.1) is 22.2 Å².